The highest BCUT2D eigenvalue weighted by Crippen LogP contribution is 2.45. The van der Waals surface area contributed by atoms with E-state index in [2.05, 4.69) is 55.4 Å². The number of ether oxygens (including phenoxy) is 4. The van der Waals surface area contributed by atoms with Gasteiger partial charge in [-0.3, -0.25) is 37.3 Å². The molecule has 0 bridgehead atoms. The lowest BCUT2D eigenvalue weighted by atomic mass is 9.99. The van der Waals surface area contributed by atoms with Crippen molar-refractivity contribution in [3.63, 3.8) is 0 Å². The SMILES string of the molecule is CCC(C)CCCCCCCCCCCCCCCCCCCCC(=O)O[C@H](COC(=O)CCCCCCCCC(C)CC)COP(=O)(O)OC[C@H](O)COP(=O)(O)OC[C@@H](COC(=O)CCCCCCCCCCCCCCCCC(C)C)OC(=O)CCCCCCCCC(C)CC. The van der Waals surface area contributed by atoms with E-state index in [0.717, 1.165) is 120 Å². The predicted octanol–water partition coefficient (Wildman–Crippen LogP) is 23.6. The summed E-state index contributed by atoms with van der Waals surface area (Å²) in [4.78, 5) is 72.9. The molecule has 3 N–H and O–H groups in total. The summed E-state index contributed by atoms with van der Waals surface area (Å²) < 4.78 is 68.6. The smallest absolute Gasteiger partial charge is 0.462 e. The third kappa shape index (κ3) is 70.2. The molecular weight excluding hydrogens is 1290 g/mol. The Labute approximate surface area is 607 Å². The molecule has 0 fully saturated rings. The van der Waals surface area contributed by atoms with Gasteiger partial charge in [0.05, 0.1) is 26.4 Å². The normalized spacial score (nSPS) is 14.9. The van der Waals surface area contributed by atoms with Crippen LogP contribution in [-0.2, 0) is 65.4 Å². The van der Waals surface area contributed by atoms with Crippen LogP contribution in [0.1, 0.15) is 409 Å². The van der Waals surface area contributed by atoms with Gasteiger partial charge in [0.2, 0.25) is 0 Å². The van der Waals surface area contributed by atoms with E-state index in [1.54, 1.807) is 0 Å². The van der Waals surface area contributed by atoms with Crippen molar-refractivity contribution >= 4 is 39.5 Å². The molecule has 0 spiro atoms. The summed E-state index contributed by atoms with van der Waals surface area (Å²) in [5.41, 5.74) is 0. The van der Waals surface area contributed by atoms with Gasteiger partial charge in [-0.15, -0.1) is 0 Å². The van der Waals surface area contributed by atoms with Crippen molar-refractivity contribution in [1.29, 1.82) is 0 Å². The molecule has 0 saturated carbocycles. The Bertz CT molecular complexity index is 1940. The number of phosphoric acid groups is 2. The molecule has 0 heterocycles. The maximum absolute atomic E-state index is 13.1. The van der Waals surface area contributed by atoms with Gasteiger partial charge in [0.1, 0.15) is 19.3 Å². The lowest BCUT2D eigenvalue weighted by Gasteiger charge is -2.21. The number of aliphatic hydroxyl groups is 1. The minimum Gasteiger partial charge on any atom is -0.462 e. The topological polar surface area (TPSA) is 237 Å². The molecule has 0 aromatic heterocycles. The van der Waals surface area contributed by atoms with Crippen LogP contribution in [0.15, 0.2) is 0 Å². The van der Waals surface area contributed by atoms with Crippen LogP contribution in [0.25, 0.3) is 0 Å². The second-order valence-corrected chi connectivity index (χ2v) is 32.9. The third-order valence-electron chi connectivity index (χ3n) is 19.7. The van der Waals surface area contributed by atoms with Gasteiger partial charge in [0.15, 0.2) is 12.2 Å². The molecule has 0 rings (SSSR count). The first-order chi connectivity index (χ1) is 47.7. The number of unbranched alkanes of at least 4 members (excludes halogenated alkanes) is 40. The van der Waals surface area contributed by atoms with Crippen LogP contribution in [0.3, 0.4) is 0 Å². The number of hydrogen-bond donors (Lipinski definition) is 3. The quantitative estimate of drug-likeness (QED) is 0.0222. The van der Waals surface area contributed by atoms with E-state index in [-0.39, 0.29) is 25.7 Å². The fourth-order valence-electron chi connectivity index (χ4n) is 12.2. The predicted molar refractivity (Wildman–Crippen MR) is 404 cm³/mol. The van der Waals surface area contributed by atoms with E-state index in [1.165, 1.54) is 205 Å². The lowest BCUT2D eigenvalue weighted by Crippen LogP contribution is -2.30. The van der Waals surface area contributed by atoms with Gasteiger partial charge in [-0.05, 0) is 49.4 Å². The molecule has 0 aromatic carbocycles. The Morgan fingerprint density at radius 1 is 0.283 bits per heavy atom. The molecule has 0 aliphatic carbocycles. The van der Waals surface area contributed by atoms with Crippen LogP contribution in [0, 0.1) is 23.7 Å². The van der Waals surface area contributed by atoms with Crippen molar-refractivity contribution in [2.75, 3.05) is 39.6 Å². The van der Waals surface area contributed by atoms with Gasteiger partial charge in [0.25, 0.3) is 0 Å². The first-order valence-electron chi connectivity index (χ1n) is 41.3. The first-order valence-corrected chi connectivity index (χ1v) is 44.3. The Balaban J connectivity index is 5.15. The fraction of sp³-hybridized carbons (Fsp3) is 0.950. The first kappa shape index (κ1) is 97.1. The molecule has 8 atom stereocenters. The molecule has 19 heteroatoms. The molecule has 99 heavy (non-hydrogen) atoms. The minimum atomic E-state index is -4.96. The van der Waals surface area contributed by atoms with E-state index in [9.17, 15) is 43.2 Å². The molecule has 0 aromatic rings. The molecule has 0 amide bonds. The van der Waals surface area contributed by atoms with E-state index in [0.29, 0.717) is 25.7 Å². The van der Waals surface area contributed by atoms with E-state index in [1.807, 2.05) is 0 Å². The zero-order valence-corrected chi connectivity index (χ0v) is 66.9. The Hall–Kier alpha value is -1.94. The monoisotopic (exact) mass is 1450 g/mol. The Morgan fingerprint density at radius 3 is 0.717 bits per heavy atom. The van der Waals surface area contributed by atoms with Crippen LogP contribution >= 0.6 is 15.6 Å². The lowest BCUT2D eigenvalue weighted by molar-refractivity contribution is -0.161. The van der Waals surface area contributed by atoms with Gasteiger partial charge in [-0.2, -0.15) is 0 Å². The number of carbonyl (C=O) groups excluding carboxylic acids is 4. The maximum Gasteiger partial charge on any atom is 0.472 e. The molecule has 0 radical (unpaired) electrons. The second-order valence-electron chi connectivity index (χ2n) is 30.0. The summed E-state index contributed by atoms with van der Waals surface area (Å²) in [5, 5.41) is 10.6. The fourth-order valence-corrected chi connectivity index (χ4v) is 13.7. The summed E-state index contributed by atoms with van der Waals surface area (Å²) in [6, 6.07) is 0. The summed E-state index contributed by atoms with van der Waals surface area (Å²) >= 11 is 0. The number of esters is 4. The third-order valence-corrected chi connectivity index (χ3v) is 21.6. The zero-order valence-electron chi connectivity index (χ0n) is 65.1. The van der Waals surface area contributed by atoms with Gasteiger partial charge >= 0.3 is 39.5 Å². The van der Waals surface area contributed by atoms with Crippen LogP contribution in [-0.4, -0.2) is 96.7 Å². The standard InChI is InChI=1S/C80H156O17P2/c1-9-71(6)57-49-41-33-29-25-21-16-14-12-13-15-17-23-27-31-35-46-54-62-79(84)96-75(67-91-78(83)61-53-45-38-36-42-50-58-72(7)10-2)68-94-98(86,87)92-64-74(81)65-93-99(88,89)95-69-76(97-80(85)63-55-47-39-37-43-51-59-73(8)11-3)66-90-77(82)60-52-44-34-30-26-22-19-18-20-24-28-32-40-48-56-70(4)5/h70-76,81H,9-69H2,1-8H3,(H,86,87)(H,88,89)/t71?,72?,73?,74-,75+,76+/m0/s1. The van der Waals surface area contributed by atoms with E-state index >= 15 is 0 Å². The van der Waals surface area contributed by atoms with E-state index < -0.39 is 97.5 Å². The Kier molecular flexibility index (Phi) is 67.8. The largest absolute Gasteiger partial charge is 0.472 e. The second kappa shape index (κ2) is 69.1. The van der Waals surface area contributed by atoms with Gasteiger partial charge in [-0.1, -0.05) is 357 Å². The highest BCUT2D eigenvalue weighted by atomic mass is 31.2. The average molecular weight is 1450 g/mol. The molecule has 0 aliphatic rings. The molecule has 0 saturated heterocycles. The van der Waals surface area contributed by atoms with Crippen molar-refractivity contribution < 1.29 is 80.2 Å². The number of hydrogen-bond acceptors (Lipinski definition) is 15. The zero-order chi connectivity index (χ0) is 73.1. The minimum absolute atomic E-state index is 0.103. The molecule has 0 aliphatic heterocycles. The molecule has 17 nitrogen and oxygen atoms in total. The molecular formula is C80H156O17P2. The van der Waals surface area contributed by atoms with Crippen LogP contribution in [0.4, 0.5) is 0 Å². The van der Waals surface area contributed by atoms with Gasteiger partial charge in [-0.25, -0.2) is 9.13 Å². The molecule has 5 unspecified atom stereocenters. The van der Waals surface area contributed by atoms with Crippen molar-refractivity contribution in [2.45, 2.75) is 427 Å². The van der Waals surface area contributed by atoms with Crippen molar-refractivity contribution in [2.24, 2.45) is 23.7 Å². The number of carbonyl (C=O) groups is 4. The summed E-state index contributed by atoms with van der Waals surface area (Å²) in [6.45, 7) is 14.2. The number of aliphatic hydroxyl groups excluding tert-OH is 1. The van der Waals surface area contributed by atoms with Crippen molar-refractivity contribution in [3.05, 3.63) is 0 Å². The van der Waals surface area contributed by atoms with Crippen molar-refractivity contribution in [1.82, 2.24) is 0 Å². The highest BCUT2D eigenvalue weighted by molar-refractivity contribution is 7.47. The van der Waals surface area contributed by atoms with Gasteiger partial charge < -0.3 is 33.8 Å². The van der Waals surface area contributed by atoms with Gasteiger partial charge in [0, 0.05) is 25.7 Å². The Morgan fingerprint density at radius 2 is 0.485 bits per heavy atom. The number of phosphoric ester groups is 2. The van der Waals surface area contributed by atoms with Crippen LogP contribution < -0.4 is 0 Å². The van der Waals surface area contributed by atoms with E-state index in [4.69, 9.17) is 37.0 Å². The summed E-state index contributed by atoms with van der Waals surface area (Å²) in [6.07, 6.45) is 55.7. The summed E-state index contributed by atoms with van der Waals surface area (Å²) in [5.74, 6) is 1.00. The van der Waals surface area contributed by atoms with Crippen LogP contribution in [0.2, 0.25) is 0 Å². The molecule has 588 valence electrons. The average Bonchev–Trinajstić information content (AvgIpc) is 1.05. The maximum atomic E-state index is 13.1. The van der Waals surface area contributed by atoms with Crippen molar-refractivity contribution in [3.8, 4) is 0 Å². The summed E-state index contributed by atoms with van der Waals surface area (Å²) in [7, 11) is -9.92. The van der Waals surface area contributed by atoms with Crippen LogP contribution in [0.5, 0.6) is 0 Å². The number of rotatable bonds is 77. The highest BCUT2D eigenvalue weighted by Gasteiger charge is 2.30.